The molecule has 0 N–H and O–H groups in total. The van der Waals surface area contributed by atoms with Crippen LogP contribution in [0.25, 0.3) is 27.3 Å². The van der Waals surface area contributed by atoms with Crippen molar-refractivity contribution in [2.24, 2.45) is 0 Å². The number of thiophene rings is 1. The van der Waals surface area contributed by atoms with Gasteiger partial charge in [-0.15, -0.1) is 11.6 Å². The van der Waals surface area contributed by atoms with Gasteiger partial charge in [-0.2, -0.15) is 24.5 Å². The third kappa shape index (κ3) is 5.67. The molecule has 0 aliphatic heterocycles. The second-order valence-corrected chi connectivity index (χ2v) is 8.71. The van der Waals surface area contributed by atoms with E-state index >= 15 is 0 Å². The molecule has 0 atom stereocenters. The van der Waals surface area contributed by atoms with Crippen molar-refractivity contribution in [2.45, 2.75) is 33.4 Å². The zero-order valence-corrected chi connectivity index (χ0v) is 21.6. The summed E-state index contributed by atoms with van der Waals surface area (Å²) in [4.78, 5) is 8.23. The molecule has 2 aliphatic carbocycles. The maximum atomic E-state index is 8.28. The number of rotatable bonds is 2. The Bertz CT molecular complexity index is 2060. The van der Waals surface area contributed by atoms with E-state index in [2.05, 4.69) is 28.2 Å². The molecule has 1 radical (unpaired) electrons. The van der Waals surface area contributed by atoms with Crippen molar-refractivity contribution in [2.75, 3.05) is 0 Å². The Balaban J connectivity index is 0.000000214. The Morgan fingerprint density at radius 1 is 0.914 bits per heavy atom. The van der Waals surface area contributed by atoms with Crippen LogP contribution >= 0.6 is 11.3 Å². The van der Waals surface area contributed by atoms with Gasteiger partial charge < -0.3 is 9.97 Å². The normalized spacial score (nSPS) is 20.6. The summed E-state index contributed by atoms with van der Waals surface area (Å²) in [5.74, 6) is 0. The summed E-state index contributed by atoms with van der Waals surface area (Å²) in [5.41, 5.74) is 1.72. The van der Waals surface area contributed by atoms with Gasteiger partial charge >= 0.3 is 0 Å². The van der Waals surface area contributed by atoms with E-state index < -0.39 is 20.6 Å². The first-order valence-electron chi connectivity index (χ1n) is 17.1. The molecule has 2 aliphatic rings. The first-order valence-corrected chi connectivity index (χ1v) is 11.4. The van der Waals surface area contributed by atoms with Crippen LogP contribution in [-0.4, -0.2) is 9.97 Å². The van der Waals surface area contributed by atoms with Gasteiger partial charge in [-0.3, -0.25) is 0 Å². The molecule has 0 amide bonds. The molecule has 0 bridgehead atoms. The van der Waals surface area contributed by atoms with Crippen LogP contribution in [-0.2, 0) is 20.1 Å². The third-order valence-electron chi connectivity index (χ3n) is 5.33. The zero-order chi connectivity index (χ0) is 34.5. The Kier molecular flexibility index (Phi) is 4.30. The van der Waals surface area contributed by atoms with Gasteiger partial charge in [0.25, 0.3) is 0 Å². The van der Waals surface area contributed by atoms with E-state index in [0.717, 1.165) is 32.6 Å². The van der Waals surface area contributed by atoms with Crippen LogP contribution in [0, 0.1) is 26.5 Å². The van der Waals surface area contributed by atoms with Gasteiger partial charge in [0.15, 0.2) is 0 Å². The second kappa shape index (κ2) is 11.2. The van der Waals surface area contributed by atoms with E-state index in [0.29, 0.717) is 11.3 Å². The molecule has 4 heteroatoms. The van der Waals surface area contributed by atoms with Crippen LogP contribution < -0.4 is 9.75 Å². The fraction of sp³-hybridized carbons (Fsp3) is 0.161. The van der Waals surface area contributed by atoms with Crippen molar-refractivity contribution >= 4 is 38.6 Å². The summed E-state index contributed by atoms with van der Waals surface area (Å²) in [5, 5.41) is 2.30. The number of benzene rings is 1. The number of hydrogen-bond donors (Lipinski definition) is 0. The van der Waals surface area contributed by atoms with Gasteiger partial charge in [0.05, 0.1) is 5.48 Å². The van der Waals surface area contributed by atoms with Crippen molar-refractivity contribution in [3.8, 4) is 0 Å². The molecule has 0 spiro atoms. The Morgan fingerprint density at radius 2 is 1.69 bits per heavy atom. The van der Waals surface area contributed by atoms with Crippen molar-refractivity contribution < 1.29 is 37.9 Å². The number of hydrogen-bond acceptors (Lipinski definition) is 3. The fourth-order valence-corrected chi connectivity index (χ4v) is 4.95. The summed E-state index contributed by atoms with van der Waals surface area (Å²) in [6, 6.07) is 7.07. The van der Waals surface area contributed by atoms with Crippen LogP contribution in [0.15, 0.2) is 78.6 Å². The molecule has 2 nitrogen and oxygen atoms in total. The largest absolute Gasteiger partial charge is 0.320 e. The van der Waals surface area contributed by atoms with E-state index in [-0.39, 0.29) is 73.1 Å². The minimum atomic E-state index is -2.49. The van der Waals surface area contributed by atoms with Crippen molar-refractivity contribution in [3.05, 3.63) is 124 Å². The van der Waals surface area contributed by atoms with Gasteiger partial charge in [-0.05, 0) is 54.5 Å². The summed E-state index contributed by atoms with van der Waals surface area (Å²) in [6.45, 7) is -7.09. The molecule has 1 aromatic carbocycles. The third-order valence-corrected chi connectivity index (χ3v) is 6.55. The van der Waals surface area contributed by atoms with Crippen LogP contribution in [0.3, 0.4) is 0 Å². The molecule has 179 valence electrons. The molecule has 0 saturated carbocycles. The Hall–Kier alpha value is -2.91. The zero-order valence-electron chi connectivity index (χ0n) is 31.4. The summed E-state index contributed by atoms with van der Waals surface area (Å²) >= 11 is 1.63. The fourth-order valence-electron chi connectivity index (χ4n) is 3.71. The Labute approximate surface area is 243 Å². The maximum Gasteiger partial charge on any atom is 0.0616 e. The minimum absolute atomic E-state index is 0. The molecule has 3 heterocycles. The van der Waals surface area contributed by atoms with Crippen molar-refractivity contribution in [3.63, 3.8) is 0 Å². The number of allylic oxidation sites excluding steroid dienone is 4. The standard InChI is InChI=1S/C18H14NS.C13H14N.Ir/c1-12-9-10-16(19-11-12)15-7-4-6-14-13-5-2-3-8-17(13)20-18(14)15;1-10-3-6-12(7-4-10)13-8-5-11(2)9-14-13;/h2-3,5-11H,4H2,1H3;3,5-9H,4H2,1-2H3;/q2*-1;/i1D3,9D,10D;1D3,2D3,5D,8D;. The van der Waals surface area contributed by atoms with E-state index in [1.807, 2.05) is 18.6 Å². The van der Waals surface area contributed by atoms with Crippen LogP contribution in [0.5, 0.6) is 0 Å². The SMILES string of the molecule is [2H]c1c(C([2H])([2H])[2H])cnc(C2=CC=C(C([2H])([2H])[2H])C[CH-]2)c1[2H].[2H]c1c(C([2H])([2H])[2H])cnc(C2=c3sc4ccccc4c3=CC[CH-]2)c1[2H].[Ir]. The number of aryl methyl sites for hydroxylation is 2. The summed E-state index contributed by atoms with van der Waals surface area (Å²) in [6.07, 6.45) is 12.0. The first kappa shape index (κ1) is 13.4. The summed E-state index contributed by atoms with van der Waals surface area (Å²) in [7, 11) is 0. The van der Waals surface area contributed by atoms with Crippen molar-refractivity contribution in [1.82, 2.24) is 9.97 Å². The van der Waals surface area contributed by atoms with Crippen LogP contribution in [0.4, 0.5) is 0 Å². The molecular weight excluding hydrogens is 625 g/mol. The van der Waals surface area contributed by atoms with Gasteiger partial charge in [-0.1, -0.05) is 76.6 Å². The van der Waals surface area contributed by atoms with Gasteiger partial charge in [0, 0.05) is 49.5 Å². The summed E-state index contributed by atoms with van der Waals surface area (Å²) < 4.78 is 101. The average molecular weight is 666 g/mol. The molecule has 4 aromatic rings. The first-order chi connectivity index (χ1) is 21.9. The molecule has 0 fully saturated rings. The quantitative estimate of drug-likeness (QED) is 0.228. The predicted molar refractivity (Wildman–Crippen MR) is 146 cm³/mol. The second-order valence-electron chi connectivity index (χ2n) is 7.66. The molecule has 3 aromatic heterocycles. The topological polar surface area (TPSA) is 25.8 Å². The van der Waals surface area contributed by atoms with Gasteiger partial charge in [-0.25, -0.2) is 11.3 Å². The van der Waals surface area contributed by atoms with Crippen molar-refractivity contribution in [1.29, 1.82) is 0 Å². The van der Waals surface area contributed by atoms with Gasteiger partial charge in [0.1, 0.15) is 0 Å². The molecule has 35 heavy (non-hydrogen) atoms. The van der Waals surface area contributed by atoms with E-state index in [1.165, 1.54) is 23.7 Å². The van der Waals surface area contributed by atoms with Gasteiger partial charge in [0.2, 0.25) is 0 Å². The monoisotopic (exact) mass is 666 g/mol. The number of nitrogens with zero attached hydrogens (tertiary/aromatic N) is 2. The predicted octanol–water partition coefficient (Wildman–Crippen LogP) is 6.52. The molecular formula is C31H28IrN2S-2. The number of aromatic nitrogens is 2. The van der Waals surface area contributed by atoms with E-state index in [9.17, 15) is 0 Å². The Morgan fingerprint density at radius 3 is 2.43 bits per heavy atom. The smallest absolute Gasteiger partial charge is 0.0616 e. The maximum absolute atomic E-state index is 8.28. The average Bonchev–Trinajstić information content (AvgIpc) is 3.38. The molecule has 6 rings (SSSR count). The van der Waals surface area contributed by atoms with Crippen LogP contribution in [0.1, 0.15) is 60.0 Å². The van der Waals surface area contributed by atoms with E-state index in [1.54, 1.807) is 17.8 Å². The van der Waals surface area contributed by atoms with E-state index in [4.69, 9.17) is 17.8 Å². The molecule has 0 unspecified atom stereocenters. The number of fused-ring (bicyclic) bond motifs is 3. The molecule has 0 saturated heterocycles. The van der Waals surface area contributed by atoms with Crippen LogP contribution in [0.2, 0.25) is 0 Å². The number of pyridine rings is 2. The minimum Gasteiger partial charge on any atom is -0.320 e.